The molecule has 2 rings (SSSR count). The lowest BCUT2D eigenvalue weighted by atomic mass is 9.85. The Morgan fingerprint density at radius 2 is 1.47 bits per heavy atom. The van der Waals surface area contributed by atoms with E-state index in [2.05, 4.69) is 39.0 Å². The lowest BCUT2D eigenvalue weighted by Gasteiger charge is -2.20. The maximum absolute atomic E-state index is 9.82. The smallest absolute Gasteiger partial charge is 0.116 e. The van der Waals surface area contributed by atoms with Crippen molar-refractivity contribution in [3.8, 4) is 16.9 Å². The summed E-state index contributed by atoms with van der Waals surface area (Å²) in [5.41, 5.74) is 3.39. The Morgan fingerprint density at radius 1 is 0.824 bits per heavy atom. The topological polar surface area (TPSA) is 20.2 Å². The molecule has 2 aromatic carbocycles. The summed E-state index contributed by atoms with van der Waals surface area (Å²) in [5, 5.41) is 9.82. The van der Waals surface area contributed by atoms with Gasteiger partial charge in [0.15, 0.2) is 0 Å². The van der Waals surface area contributed by atoms with E-state index >= 15 is 0 Å². The van der Waals surface area contributed by atoms with Gasteiger partial charge in [0, 0.05) is 0 Å². The first-order valence-corrected chi connectivity index (χ1v) is 5.87. The van der Waals surface area contributed by atoms with Gasteiger partial charge in [-0.1, -0.05) is 57.2 Å². The molecule has 0 atom stereocenters. The molecular formula is C16H18O. The van der Waals surface area contributed by atoms with Crippen LogP contribution in [0.4, 0.5) is 0 Å². The Balaban J connectivity index is 2.54. The van der Waals surface area contributed by atoms with Crippen molar-refractivity contribution in [3.05, 3.63) is 54.1 Å². The molecule has 0 aliphatic rings. The highest BCUT2D eigenvalue weighted by molar-refractivity contribution is 5.66. The fraction of sp³-hybridized carbons (Fsp3) is 0.250. The highest BCUT2D eigenvalue weighted by Gasteiger charge is 2.15. The first-order chi connectivity index (χ1) is 7.97. The Morgan fingerprint density at radius 3 is 2.06 bits per heavy atom. The standard InChI is InChI=1S/C16H18O/c1-16(2,3)14-9-13(10-15(17)11-14)12-7-5-4-6-8-12/h4-11,17H,1-3H3. The number of hydrogen-bond acceptors (Lipinski definition) is 1. The van der Waals surface area contributed by atoms with E-state index in [4.69, 9.17) is 0 Å². The van der Waals surface area contributed by atoms with Crippen molar-refractivity contribution in [1.82, 2.24) is 0 Å². The van der Waals surface area contributed by atoms with E-state index in [1.165, 1.54) is 0 Å². The van der Waals surface area contributed by atoms with Crippen LogP contribution in [0.1, 0.15) is 26.3 Å². The maximum atomic E-state index is 9.82. The average Bonchev–Trinajstić information content (AvgIpc) is 2.28. The van der Waals surface area contributed by atoms with Gasteiger partial charge in [-0.2, -0.15) is 0 Å². The number of benzene rings is 2. The molecular weight excluding hydrogens is 208 g/mol. The van der Waals surface area contributed by atoms with Gasteiger partial charge < -0.3 is 5.11 Å². The van der Waals surface area contributed by atoms with Gasteiger partial charge in [0.2, 0.25) is 0 Å². The Kier molecular flexibility index (Phi) is 2.93. The van der Waals surface area contributed by atoms with Gasteiger partial charge in [0.05, 0.1) is 0 Å². The third kappa shape index (κ3) is 2.68. The zero-order valence-electron chi connectivity index (χ0n) is 10.6. The minimum Gasteiger partial charge on any atom is -0.508 e. The lowest BCUT2D eigenvalue weighted by Crippen LogP contribution is -2.10. The van der Waals surface area contributed by atoms with Gasteiger partial charge in [0.1, 0.15) is 5.75 Å². The molecule has 0 aliphatic carbocycles. The second-order valence-corrected chi connectivity index (χ2v) is 5.38. The Labute approximate surface area is 103 Å². The molecule has 0 saturated heterocycles. The Bertz CT molecular complexity index is 507. The van der Waals surface area contributed by atoms with Crippen LogP contribution in [0.2, 0.25) is 0 Å². The fourth-order valence-electron chi connectivity index (χ4n) is 1.84. The molecule has 0 aliphatic heterocycles. The van der Waals surface area contributed by atoms with E-state index in [9.17, 15) is 5.11 Å². The largest absolute Gasteiger partial charge is 0.508 e. The number of rotatable bonds is 1. The summed E-state index contributed by atoms with van der Waals surface area (Å²) in [4.78, 5) is 0. The normalized spacial score (nSPS) is 11.5. The molecule has 88 valence electrons. The monoisotopic (exact) mass is 226 g/mol. The molecule has 1 nitrogen and oxygen atoms in total. The zero-order chi connectivity index (χ0) is 12.5. The second-order valence-electron chi connectivity index (χ2n) is 5.38. The molecule has 0 saturated carbocycles. The molecule has 0 fully saturated rings. The van der Waals surface area contributed by atoms with Crippen molar-refractivity contribution >= 4 is 0 Å². The SMILES string of the molecule is CC(C)(C)c1cc(O)cc(-c2ccccc2)c1. The third-order valence-corrected chi connectivity index (χ3v) is 2.89. The highest BCUT2D eigenvalue weighted by atomic mass is 16.3. The van der Waals surface area contributed by atoms with Crippen LogP contribution in [0.15, 0.2) is 48.5 Å². The van der Waals surface area contributed by atoms with E-state index in [0.717, 1.165) is 16.7 Å². The third-order valence-electron chi connectivity index (χ3n) is 2.89. The van der Waals surface area contributed by atoms with E-state index in [0.29, 0.717) is 5.75 Å². The summed E-state index contributed by atoms with van der Waals surface area (Å²) in [5.74, 6) is 0.330. The number of hydrogen-bond donors (Lipinski definition) is 1. The summed E-state index contributed by atoms with van der Waals surface area (Å²) in [7, 11) is 0. The van der Waals surface area contributed by atoms with E-state index in [1.54, 1.807) is 0 Å². The molecule has 1 N–H and O–H groups in total. The van der Waals surface area contributed by atoms with Gasteiger partial charge in [-0.15, -0.1) is 0 Å². The maximum Gasteiger partial charge on any atom is 0.116 e. The second kappa shape index (κ2) is 4.25. The molecule has 0 radical (unpaired) electrons. The van der Waals surface area contributed by atoms with Gasteiger partial charge >= 0.3 is 0 Å². The van der Waals surface area contributed by atoms with Crippen molar-refractivity contribution in [2.24, 2.45) is 0 Å². The van der Waals surface area contributed by atoms with Crippen LogP contribution >= 0.6 is 0 Å². The number of phenolic OH excluding ortho intramolecular Hbond substituents is 1. The van der Waals surface area contributed by atoms with E-state index < -0.39 is 0 Å². The lowest BCUT2D eigenvalue weighted by molar-refractivity contribution is 0.471. The molecule has 0 amide bonds. The molecule has 2 aromatic rings. The van der Waals surface area contributed by atoms with Crippen LogP contribution < -0.4 is 0 Å². The summed E-state index contributed by atoms with van der Waals surface area (Å²) >= 11 is 0. The van der Waals surface area contributed by atoms with Crippen LogP contribution in [0, 0.1) is 0 Å². The first kappa shape index (κ1) is 11.7. The summed E-state index contributed by atoms with van der Waals surface area (Å²) in [6, 6.07) is 15.9. The van der Waals surface area contributed by atoms with E-state index in [1.807, 2.05) is 30.3 Å². The minimum atomic E-state index is 0.0439. The Hall–Kier alpha value is -1.76. The highest BCUT2D eigenvalue weighted by Crippen LogP contribution is 2.31. The molecule has 0 spiro atoms. The molecule has 0 aromatic heterocycles. The van der Waals surface area contributed by atoms with Crippen molar-refractivity contribution in [1.29, 1.82) is 0 Å². The van der Waals surface area contributed by atoms with Crippen LogP contribution in [0.5, 0.6) is 5.75 Å². The van der Waals surface area contributed by atoms with Gasteiger partial charge in [-0.25, -0.2) is 0 Å². The average molecular weight is 226 g/mol. The van der Waals surface area contributed by atoms with Crippen LogP contribution in [-0.2, 0) is 5.41 Å². The van der Waals surface area contributed by atoms with Crippen molar-refractivity contribution in [2.45, 2.75) is 26.2 Å². The fourth-order valence-corrected chi connectivity index (χ4v) is 1.84. The summed E-state index contributed by atoms with van der Waals surface area (Å²) in [6.45, 7) is 6.45. The number of phenols is 1. The quantitative estimate of drug-likeness (QED) is 0.766. The van der Waals surface area contributed by atoms with Gasteiger partial charge in [0.25, 0.3) is 0 Å². The predicted molar refractivity (Wildman–Crippen MR) is 72.2 cm³/mol. The van der Waals surface area contributed by atoms with Crippen LogP contribution in [-0.4, -0.2) is 5.11 Å². The summed E-state index contributed by atoms with van der Waals surface area (Å²) < 4.78 is 0. The van der Waals surface area contributed by atoms with Crippen molar-refractivity contribution in [2.75, 3.05) is 0 Å². The predicted octanol–water partition coefficient (Wildman–Crippen LogP) is 4.36. The molecule has 0 bridgehead atoms. The molecule has 1 heteroatoms. The van der Waals surface area contributed by atoms with Gasteiger partial charge in [-0.3, -0.25) is 0 Å². The van der Waals surface area contributed by atoms with Crippen molar-refractivity contribution in [3.63, 3.8) is 0 Å². The van der Waals surface area contributed by atoms with E-state index in [-0.39, 0.29) is 5.41 Å². The van der Waals surface area contributed by atoms with Crippen LogP contribution in [0.3, 0.4) is 0 Å². The molecule has 0 heterocycles. The van der Waals surface area contributed by atoms with Crippen molar-refractivity contribution < 1.29 is 5.11 Å². The first-order valence-electron chi connectivity index (χ1n) is 5.87. The number of aromatic hydroxyl groups is 1. The zero-order valence-corrected chi connectivity index (χ0v) is 10.6. The minimum absolute atomic E-state index is 0.0439. The summed E-state index contributed by atoms with van der Waals surface area (Å²) in [6.07, 6.45) is 0. The van der Waals surface area contributed by atoms with Gasteiger partial charge in [-0.05, 0) is 34.2 Å². The molecule has 0 unspecified atom stereocenters. The van der Waals surface area contributed by atoms with Crippen LogP contribution in [0.25, 0.3) is 11.1 Å². The molecule has 17 heavy (non-hydrogen) atoms.